The van der Waals surface area contributed by atoms with E-state index in [9.17, 15) is 5.11 Å². The Morgan fingerprint density at radius 2 is 1.76 bits per heavy atom. The second-order valence-corrected chi connectivity index (χ2v) is 5.88. The number of anilines is 3. The molecule has 0 spiro atoms. The Hall–Kier alpha value is -1.67. The number of piperidine rings is 1. The number of aliphatic hydroxyl groups is 1. The van der Waals surface area contributed by atoms with E-state index in [4.69, 9.17) is 5.84 Å². The molecule has 1 aromatic heterocycles. The van der Waals surface area contributed by atoms with Crippen LogP contribution in [-0.4, -0.2) is 52.3 Å². The Morgan fingerprint density at radius 1 is 1.10 bits per heavy atom. The summed E-state index contributed by atoms with van der Waals surface area (Å²) < 4.78 is 0. The largest absolute Gasteiger partial charge is 0.391 e. The van der Waals surface area contributed by atoms with Crippen molar-refractivity contribution in [1.82, 2.24) is 15.0 Å². The Kier molecular flexibility index (Phi) is 4.07. The number of hydrogen-bond acceptors (Lipinski definition) is 8. The molecule has 0 amide bonds. The molecular weight excluding hydrogens is 270 g/mol. The standard InChI is InChI=1S/C13H23N7O/c1-9-4-7-20(8-10(9)21)13-16-11(18-14)15-12(17-13)19-5-2-3-6-19/h9-10,21H,2-8,14H2,1H3,(H,15,16,17,18). The molecule has 3 heterocycles. The van der Waals surface area contributed by atoms with Gasteiger partial charge in [0.1, 0.15) is 0 Å². The highest BCUT2D eigenvalue weighted by Crippen LogP contribution is 2.24. The highest BCUT2D eigenvalue weighted by molar-refractivity contribution is 5.45. The van der Waals surface area contributed by atoms with Crippen molar-refractivity contribution in [2.75, 3.05) is 41.4 Å². The minimum atomic E-state index is -0.347. The lowest BCUT2D eigenvalue weighted by Crippen LogP contribution is -2.44. The second-order valence-electron chi connectivity index (χ2n) is 5.88. The molecule has 0 bridgehead atoms. The molecule has 0 aromatic carbocycles. The number of aromatic nitrogens is 3. The highest BCUT2D eigenvalue weighted by Gasteiger charge is 2.27. The Morgan fingerprint density at radius 3 is 2.38 bits per heavy atom. The van der Waals surface area contributed by atoms with Crippen molar-refractivity contribution in [3.63, 3.8) is 0 Å². The van der Waals surface area contributed by atoms with Crippen LogP contribution in [-0.2, 0) is 0 Å². The summed E-state index contributed by atoms with van der Waals surface area (Å²) in [5.74, 6) is 7.41. The average molecular weight is 293 g/mol. The zero-order valence-electron chi connectivity index (χ0n) is 12.4. The summed E-state index contributed by atoms with van der Waals surface area (Å²) in [6, 6.07) is 0. The van der Waals surface area contributed by atoms with Crippen molar-refractivity contribution >= 4 is 17.8 Å². The van der Waals surface area contributed by atoms with Gasteiger partial charge in [0.15, 0.2) is 0 Å². The lowest BCUT2D eigenvalue weighted by molar-refractivity contribution is 0.102. The minimum Gasteiger partial charge on any atom is -0.391 e. The van der Waals surface area contributed by atoms with Gasteiger partial charge in [0.2, 0.25) is 17.8 Å². The molecule has 2 atom stereocenters. The summed E-state index contributed by atoms with van der Waals surface area (Å²) in [7, 11) is 0. The molecule has 4 N–H and O–H groups in total. The fraction of sp³-hybridized carbons (Fsp3) is 0.769. The molecule has 1 aromatic rings. The Bertz CT molecular complexity index is 491. The van der Waals surface area contributed by atoms with E-state index in [1.165, 1.54) is 0 Å². The molecule has 0 radical (unpaired) electrons. The van der Waals surface area contributed by atoms with E-state index >= 15 is 0 Å². The van der Waals surface area contributed by atoms with Gasteiger partial charge >= 0.3 is 0 Å². The van der Waals surface area contributed by atoms with Crippen LogP contribution in [0.1, 0.15) is 26.2 Å². The van der Waals surface area contributed by atoms with Crippen molar-refractivity contribution < 1.29 is 5.11 Å². The first kappa shape index (κ1) is 14.3. The molecule has 2 aliphatic rings. The molecule has 8 heteroatoms. The Labute approximate surface area is 124 Å². The molecular formula is C13H23N7O. The Balaban J connectivity index is 1.85. The minimum absolute atomic E-state index is 0.313. The molecule has 21 heavy (non-hydrogen) atoms. The molecule has 2 unspecified atom stereocenters. The number of β-amino-alcohol motifs (C(OH)–C–C–N with tert-alkyl or cyclic N) is 1. The van der Waals surface area contributed by atoms with Crippen LogP contribution < -0.4 is 21.1 Å². The molecule has 2 saturated heterocycles. The predicted molar refractivity (Wildman–Crippen MR) is 81.1 cm³/mol. The maximum Gasteiger partial charge on any atom is 0.243 e. The monoisotopic (exact) mass is 293 g/mol. The van der Waals surface area contributed by atoms with E-state index in [-0.39, 0.29) is 6.10 Å². The first-order valence-electron chi connectivity index (χ1n) is 7.58. The van der Waals surface area contributed by atoms with Crippen LogP contribution in [0.25, 0.3) is 0 Å². The van der Waals surface area contributed by atoms with Crippen LogP contribution in [0.4, 0.5) is 17.8 Å². The zero-order chi connectivity index (χ0) is 14.8. The van der Waals surface area contributed by atoms with Gasteiger partial charge in [0, 0.05) is 26.2 Å². The van der Waals surface area contributed by atoms with E-state index in [0.717, 1.165) is 38.9 Å². The van der Waals surface area contributed by atoms with Crippen LogP contribution in [0.2, 0.25) is 0 Å². The van der Waals surface area contributed by atoms with Gasteiger partial charge in [-0.2, -0.15) is 15.0 Å². The number of nitrogen functional groups attached to an aromatic ring is 1. The molecule has 0 aliphatic carbocycles. The zero-order valence-corrected chi connectivity index (χ0v) is 12.4. The summed E-state index contributed by atoms with van der Waals surface area (Å²) in [4.78, 5) is 17.4. The number of nitrogens with zero attached hydrogens (tertiary/aromatic N) is 5. The van der Waals surface area contributed by atoms with Crippen LogP contribution in [0, 0.1) is 5.92 Å². The third-order valence-electron chi connectivity index (χ3n) is 4.33. The molecule has 2 aliphatic heterocycles. The van der Waals surface area contributed by atoms with Gasteiger partial charge in [-0.3, -0.25) is 5.43 Å². The predicted octanol–water partition coefficient (Wildman–Crippen LogP) is -0.0355. The SMILES string of the molecule is CC1CCN(c2nc(NN)nc(N3CCCC3)n2)CC1O. The summed E-state index contributed by atoms with van der Waals surface area (Å²) >= 11 is 0. The lowest BCUT2D eigenvalue weighted by Gasteiger charge is -2.34. The lowest BCUT2D eigenvalue weighted by atomic mass is 9.96. The van der Waals surface area contributed by atoms with E-state index in [0.29, 0.717) is 30.3 Å². The molecule has 2 fully saturated rings. The average Bonchev–Trinajstić information content (AvgIpc) is 3.04. The van der Waals surface area contributed by atoms with Crippen molar-refractivity contribution in [1.29, 1.82) is 0 Å². The van der Waals surface area contributed by atoms with Crippen LogP contribution in [0.3, 0.4) is 0 Å². The van der Waals surface area contributed by atoms with Gasteiger partial charge in [0.25, 0.3) is 0 Å². The van der Waals surface area contributed by atoms with Crippen molar-refractivity contribution in [2.24, 2.45) is 11.8 Å². The number of nitrogens with two attached hydrogens (primary N) is 1. The molecule has 116 valence electrons. The maximum absolute atomic E-state index is 10.1. The first-order chi connectivity index (χ1) is 10.2. The normalized spacial score (nSPS) is 26.2. The number of hydrogen-bond donors (Lipinski definition) is 3. The van der Waals surface area contributed by atoms with Crippen molar-refractivity contribution in [3.05, 3.63) is 0 Å². The summed E-state index contributed by atoms with van der Waals surface area (Å²) in [6.45, 7) is 5.39. The molecule has 8 nitrogen and oxygen atoms in total. The summed E-state index contributed by atoms with van der Waals surface area (Å²) in [5.41, 5.74) is 2.51. The number of nitrogens with one attached hydrogen (secondary N) is 1. The second kappa shape index (κ2) is 5.98. The van der Waals surface area contributed by atoms with Crippen LogP contribution in [0.15, 0.2) is 0 Å². The van der Waals surface area contributed by atoms with Crippen molar-refractivity contribution in [2.45, 2.75) is 32.3 Å². The third kappa shape index (κ3) is 3.01. The van der Waals surface area contributed by atoms with E-state index < -0.39 is 0 Å². The summed E-state index contributed by atoms with van der Waals surface area (Å²) in [5, 5.41) is 10.1. The highest BCUT2D eigenvalue weighted by atomic mass is 16.3. The first-order valence-corrected chi connectivity index (χ1v) is 7.58. The number of rotatable bonds is 3. The molecule has 0 saturated carbocycles. The number of hydrazine groups is 1. The molecule has 3 rings (SSSR count). The van der Waals surface area contributed by atoms with Gasteiger partial charge in [-0.05, 0) is 25.2 Å². The maximum atomic E-state index is 10.1. The fourth-order valence-electron chi connectivity index (χ4n) is 2.85. The smallest absolute Gasteiger partial charge is 0.243 e. The fourth-order valence-corrected chi connectivity index (χ4v) is 2.85. The van der Waals surface area contributed by atoms with E-state index in [2.05, 4.69) is 32.2 Å². The topological polar surface area (TPSA) is 103 Å². The quantitative estimate of drug-likeness (QED) is 0.527. The van der Waals surface area contributed by atoms with Gasteiger partial charge in [0.05, 0.1) is 6.10 Å². The van der Waals surface area contributed by atoms with Crippen LogP contribution >= 0.6 is 0 Å². The summed E-state index contributed by atoms with van der Waals surface area (Å²) in [6.07, 6.45) is 2.90. The van der Waals surface area contributed by atoms with Gasteiger partial charge in [-0.1, -0.05) is 6.92 Å². The van der Waals surface area contributed by atoms with E-state index in [1.54, 1.807) is 0 Å². The van der Waals surface area contributed by atoms with E-state index in [1.807, 2.05) is 4.90 Å². The third-order valence-corrected chi connectivity index (χ3v) is 4.33. The van der Waals surface area contributed by atoms with Gasteiger partial charge < -0.3 is 14.9 Å². The number of aliphatic hydroxyl groups excluding tert-OH is 1. The van der Waals surface area contributed by atoms with Gasteiger partial charge in [-0.25, -0.2) is 5.84 Å². The van der Waals surface area contributed by atoms with Crippen LogP contribution in [0.5, 0.6) is 0 Å². The van der Waals surface area contributed by atoms with Crippen molar-refractivity contribution in [3.8, 4) is 0 Å². The van der Waals surface area contributed by atoms with Gasteiger partial charge in [-0.15, -0.1) is 0 Å².